The quantitative estimate of drug-likeness (QED) is 0.418. The van der Waals surface area contributed by atoms with E-state index in [4.69, 9.17) is 9.47 Å². The first-order valence-corrected chi connectivity index (χ1v) is 12.6. The van der Waals surface area contributed by atoms with Gasteiger partial charge in [-0.2, -0.15) is 0 Å². The van der Waals surface area contributed by atoms with Gasteiger partial charge in [0.1, 0.15) is 18.1 Å². The molecule has 3 aliphatic rings. The molecule has 13 heteroatoms. The lowest BCUT2D eigenvalue weighted by molar-refractivity contribution is -0.177. The molecule has 3 N–H and O–H groups in total. The Morgan fingerprint density at radius 1 is 1.13 bits per heavy atom. The van der Waals surface area contributed by atoms with Crippen LogP contribution in [-0.4, -0.2) is 83.1 Å². The predicted octanol–water partition coefficient (Wildman–Crippen LogP) is 0.0661. The van der Waals surface area contributed by atoms with E-state index in [0.717, 1.165) is 5.01 Å². The second kappa shape index (κ2) is 11.6. The first-order valence-electron chi connectivity index (χ1n) is 12.6. The van der Waals surface area contributed by atoms with E-state index in [1.165, 1.54) is 24.1 Å². The number of hydrogen-bond acceptors (Lipinski definition) is 8. The summed E-state index contributed by atoms with van der Waals surface area (Å²) in [4.78, 5) is 76.0. The summed E-state index contributed by atoms with van der Waals surface area (Å²) in [5.74, 6) is -2.82. The van der Waals surface area contributed by atoms with Crippen LogP contribution in [0.1, 0.15) is 56.3 Å². The molecule has 0 radical (unpaired) electrons. The van der Waals surface area contributed by atoms with Crippen molar-refractivity contribution >= 4 is 41.2 Å². The van der Waals surface area contributed by atoms with Crippen LogP contribution >= 0.6 is 0 Å². The lowest BCUT2D eigenvalue weighted by Gasteiger charge is -2.43. The van der Waals surface area contributed by atoms with E-state index < -0.39 is 48.1 Å². The van der Waals surface area contributed by atoms with Crippen molar-refractivity contribution in [1.82, 2.24) is 20.7 Å². The van der Waals surface area contributed by atoms with Crippen LogP contribution < -0.4 is 16.0 Å². The Bertz CT molecular complexity index is 1140. The zero-order valence-corrected chi connectivity index (χ0v) is 21.2. The largest absolute Gasteiger partial charge is 0.433 e. The molecule has 4 atom stereocenters. The number of nitrogens with zero attached hydrogens (tertiary/aromatic N) is 2. The van der Waals surface area contributed by atoms with Crippen molar-refractivity contribution in [3.05, 3.63) is 29.8 Å². The number of rotatable bonds is 7. The Hall–Kier alpha value is -4.00. The number of amides is 5. The minimum atomic E-state index is -1.05. The number of cyclic esters (lactones) is 1. The van der Waals surface area contributed by atoms with Crippen molar-refractivity contribution in [1.29, 1.82) is 0 Å². The molecule has 0 bridgehead atoms. The van der Waals surface area contributed by atoms with Crippen LogP contribution in [0.3, 0.4) is 0 Å². The summed E-state index contributed by atoms with van der Waals surface area (Å²) in [5.41, 5.74) is 0.642. The number of carbonyl (C=O) groups is 6. The van der Waals surface area contributed by atoms with Crippen molar-refractivity contribution in [2.45, 2.75) is 70.4 Å². The van der Waals surface area contributed by atoms with Gasteiger partial charge in [-0.3, -0.25) is 33.8 Å². The van der Waals surface area contributed by atoms with E-state index in [1.54, 1.807) is 19.1 Å². The maximum Gasteiger partial charge on any atom is 0.310 e. The monoisotopic (exact) mass is 529 g/mol. The van der Waals surface area contributed by atoms with E-state index in [1.807, 2.05) is 0 Å². The highest BCUT2D eigenvalue weighted by Crippen LogP contribution is 2.26. The number of anilines is 1. The molecule has 0 saturated carbocycles. The lowest BCUT2D eigenvalue weighted by Crippen LogP contribution is -2.64. The van der Waals surface area contributed by atoms with Crippen LogP contribution in [-0.2, 0) is 33.4 Å². The summed E-state index contributed by atoms with van der Waals surface area (Å²) >= 11 is 0. The number of hydrazine groups is 1. The SMILES string of the molecule is CCOC1OC(=O)C[C@@H]1NC(=O)[C@@H]1CCCN2C(=O)CC[C@H](NC(=O)c3cccc(NC(C)=O)c3)C(=O)N12. The number of esters is 1. The molecule has 1 aromatic rings. The number of carbonyl (C=O) groups excluding carboxylic acids is 6. The van der Waals surface area contributed by atoms with Gasteiger partial charge in [0.05, 0.1) is 6.42 Å². The first-order chi connectivity index (χ1) is 18.2. The van der Waals surface area contributed by atoms with Crippen LogP contribution in [0.5, 0.6) is 0 Å². The molecule has 1 aromatic carbocycles. The fourth-order valence-corrected chi connectivity index (χ4v) is 4.84. The number of fused-ring (bicyclic) bond motifs is 1. The Balaban J connectivity index is 1.51. The van der Waals surface area contributed by atoms with Crippen molar-refractivity contribution in [2.75, 3.05) is 18.5 Å². The van der Waals surface area contributed by atoms with E-state index in [-0.39, 0.29) is 49.8 Å². The molecule has 0 spiro atoms. The van der Waals surface area contributed by atoms with Gasteiger partial charge in [-0.05, 0) is 44.4 Å². The standard InChI is InChI=1S/C25H31N5O8/c1-3-37-25-18(13-21(33)38-25)28-23(35)19-8-5-11-29-20(32)10-9-17(24(36)30(19)29)27-22(34)15-6-4-7-16(12-15)26-14(2)31/h4,6-7,12,17-19,25H,3,5,8-11,13H2,1-2H3,(H,26,31)(H,27,34)(H,28,35)/t17-,18-,19-,25?/m0/s1. The highest BCUT2D eigenvalue weighted by Gasteiger charge is 2.46. The summed E-state index contributed by atoms with van der Waals surface area (Å²) < 4.78 is 10.5. The van der Waals surface area contributed by atoms with Crippen molar-refractivity contribution < 1.29 is 38.2 Å². The normalized spacial score (nSPS) is 25.3. The molecule has 4 rings (SSSR count). The molecular weight excluding hydrogens is 498 g/mol. The Morgan fingerprint density at radius 2 is 1.92 bits per heavy atom. The number of nitrogens with one attached hydrogen (secondary N) is 3. The maximum atomic E-state index is 13.7. The molecule has 3 aliphatic heterocycles. The van der Waals surface area contributed by atoms with Gasteiger partial charge in [-0.1, -0.05) is 6.07 Å². The van der Waals surface area contributed by atoms with E-state index >= 15 is 0 Å². The average Bonchev–Trinajstić information content (AvgIpc) is 3.17. The fraction of sp³-hybridized carbons (Fsp3) is 0.520. The van der Waals surface area contributed by atoms with Crippen LogP contribution in [0.4, 0.5) is 5.69 Å². The third kappa shape index (κ3) is 5.93. The number of ether oxygens (including phenoxy) is 2. The predicted molar refractivity (Wildman–Crippen MR) is 131 cm³/mol. The summed E-state index contributed by atoms with van der Waals surface area (Å²) in [7, 11) is 0. The van der Waals surface area contributed by atoms with Crippen LogP contribution in [0.15, 0.2) is 24.3 Å². The van der Waals surface area contributed by atoms with Crippen LogP contribution in [0.2, 0.25) is 0 Å². The van der Waals surface area contributed by atoms with Crippen LogP contribution in [0.25, 0.3) is 0 Å². The van der Waals surface area contributed by atoms with Gasteiger partial charge >= 0.3 is 5.97 Å². The summed E-state index contributed by atoms with van der Waals surface area (Å²) in [5, 5.41) is 10.4. The molecule has 3 heterocycles. The smallest absolute Gasteiger partial charge is 0.310 e. The van der Waals surface area contributed by atoms with E-state index in [2.05, 4.69) is 16.0 Å². The van der Waals surface area contributed by atoms with Crippen molar-refractivity contribution in [3.8, 4) is 0 Å². The number of hydrogen-bond donors (Lipinski definition) is 3. The van der Waals surface area contributed by atoms with Gasteiger partial charge in [0.25, 0.3) is 11.8 Å². The molecule has 0 aliphatic carbocycles. The topological polar surface area (TPSA) is 163 Å². The van der Waals surface area contributed by atoms with E-state index in [0.29, 0.717) is 18.5 Å². The van der Waals surface area contributed by atoms with Crippen molar-refractivity contribution in [2.24, 2.45) is 0 Å². The molecule has 204 valence electrons. The second-order valence-corrected chi connectivity index (χ2v) is 9.32. The van der Waals surface area contributed by atoms with Gasteiger partial charge in [-0.15, -0.1) is 0 Å². The zero-order valence-electron chi connectivity index (χ0n) is 21.2. The zero-order chi connectivity index (χ0) is 27.4. The third-order valence-corrected chi connectivity index (χ3v) is 6.54. The molecule has 38 heavy (non-hydrogen) atoms. The van der Waals surface area contributed by atoms with Gasteiger partial charge in [0.2, 0.25) is 24.0 Å². The first kappa shape index (κ1) is 27.0. The third-order valence-electron chi connectivity index (χ3n) is 6.54. The van der Waals surface area contributed by atoms with Crippen LogP contribution in [0, 0.1) is 0 Å². The Morgan fingerprint density at radius 3 is 2.66 bits per heavy atom. The summed E-state index contributed by atoms with van der Waals surface area (Å²) in [6, 6.07) is 3.44. The molecule has 3 fully saturated rings. The highest BCUT2D eigenvalue weighted by atomic mass is 16.7. The second-order valence-electron chi connectivity index (χ2n) is 9.32. The molecular formula is C25H31N5O8. The van der Waals surface area contributed by atoms with Gasteiger partial charge in [0.15, 0.2) is 0 Å². The fourth-order valence-electron chi connectivity index (χ4n) is 4.84. The Kier molecular flexibility index (Phi) is 8.25. The highest BCUT2D eigenvalue weighted by molar-refractivity contribution is 6.01. The Labute approximate surface area is 219 Å². The maximum absolute atomic E-state index is 13.7. The van der Waals surface area contributed by atoms with Gasteiger partial charge in [-0.25, -0.2) is 5.01 Å². The van der Waals surface area contributed by atoms with Gasteiger partial charge in [0, 0.05) is 37.7 Å². The molecule has 5 amide bonds. The van der Waals surface area contributed by atoms with E-state index in [9.17, 15) is 28.8 Å². The molecule has 3 saturated heterocycles. The minimum Gasteiger partial charge on any atom is -0.433 e. The van der Waals surface area contributed by atoms with Gasteiger partial charge < -0.3 is 25.4 Å². The average molecular weight is 530 g/mol. The molecule has 1 unspecified atom stereocenters. The molecule has 0 aromatic heterocycles. The summed E-state index contributed by atoms with van der Waals surface area (Å²) in [6.07, 6.45) is -0.149. The number of benzene rings is 1. The van der Waals surface area contributed by atoms with Crippen molar-refractivity contribution in [3.63, 3.8) is 0 Å². The summed E-state index contributed by atoms with van der Waals surface area (Å²) in [6.45, 7) is 3.62. The lowest BCUT2D eigenvalue weighted by atomic mass is 10.0. The molecule has 13 nitrogen and oxygen atoms in total. The minimum absolute atomic E-state index is 0.00480.